The predicted octanol–water partition coefficient (Wildman–Crippen LogP) is 3.70. The van der Waals surface area contributed by atoms with E-state index in [-0.39, 0.29) is 5.91 Å². The lowest BCUT2D eigenvalue weighted by Gasteiger charge is -2.38. The molecule has 3 nitrogen and oxygen atoms in total. The van der Waals surface area contributed by atoms with Crippen LogP contribution in [0.1, 0.15) is 42.6 Å². The van der Waals surface area contributed by atoms with E-state index < -0.39 is 0 Å². The Balaban J connectivity index is 2.05. The van der Waals surface area contributed by atoms with Crippen molar-refractivity contribution >= 4 is 21.8 Å². The summed E-state index contributed by atoms with van der Waals surface area (Å²) >= 11 is 3.55. The van der Waals surface area contributed by atoms with E-state index in [0.29, 0.717) is 12.1 Å². The van der Waals surface area contributed by atoms with Gasteiger partial charge in [-0.1, -0.05) is 12.1 Å². The van der Waals surface area contributed by atoms with Gasteiger partial charge >= 0.3 is 0 Å². The van der Waals surface area contributed by atoms with Crippen LogP contribution >= 0.6 is 15.9 Å². The first-order valence-electron chi connectivity index (χ1n) is 7.68. The maximum atomic E-state index is 12.7. The number of halogens is 1. The summed E-state index contributed by atoms with van der Waals surface area (Å²) in [5, 5.41) is 0. The highest BCUT2D eigenvalue weighted by Crippen LogP contribution is 2.25. The molecule has 1 amide bonds. The van der Waals surface area contributed by atoms with Crippen LogP contribution in [0.4, 0.5) is 0 Å². The lowest BCUT2D eigenvalue weighted by atomic mass is 10.0. The van der Waals surface area contributed by atoms with Crippen molar-refractivity contribution in [3.63, 3.8) is 0 Å². The van der Waals surface area contributed by atoms with Gasteiger partial charge in [0.2, 0.25) is 0 Å². The summed E-state index contributed by atoms with van der Waals surface area (Å²) in [6, 6.07) is 6.81. The van der Waals surface area contributed by atoms with Crippen molar-refractivity contribution in [2.24, 2.45) is 0 Å². The van der Waals surface area contributed by atoms with Gasteiger partial charge in [-0.25, -0.2) is 0 Å². The fraction of sp³-hybridized carbons (Fsp3) is 0.588. The maximum absolute atomic E-state index is 12.7. The van der Waals surface area contributed by atoms with Gasteiger partial charge in [0, 0.05) is 36.7 Å². The van der Waals surface area contributed by atoms with Crippen LogP contribution in [0, 0.1) is 6.92 Å². The van der Waals surface area contributed by atoms with Gasteiger partial charge in [0.25, 0.3) is 5.91 Å². The van der Waals surface area contributed by atoms with E-state index in [1.165, 1.54) is 0 Å². The quantitative estimate of drug-likeness (QED) is 0.827. The largest absolute Gasteiger partial charge is 0.339 e. The standard InChI is InChI=1S/C17H25BrN2O/c1-12(2)20-10-8-14(9-11-20)19(4)17(21)15-7-5-6-13(3)16(15)18/h5-7,12,14H,8-11H2,1-4H3. The Bertz CT molecular complexity index is 508. The lowest BCUT2D eigenvalue weighted by molar-refractivity contribution is 0.0614. The number of piperidine rings is 1. The van der Waals surface area contributed by atoms with E-state index in [2.05, 4.69) is 34.7 Å². The summed E-state index contributed by atoms with van der Waals surface area (Å²) in [6.07, 6.45) is 2.12. The monoisotopic (exact) mass is 352 g/mol. The molecule has 0 aromatic heterocycles. The van der Waals surface area contributed by atoms with Gasteiger partial charge in [-0.15, -0.1) is 0 Å². The van der Waals surface area contributed by atoms with Crippen molar-refractivity contribution in [1.29, 1.82) is 0 Å². The van der Waals surface area contributed by atoms with Crippen molar-refractivity contribution in [3.05, 3.63) is 33.8 Å². The first kappa shape index (κ1) is 16.5. The Labute approximate surface area is 136 Å². The molecule has 0 atom stereocenters. The minimum Gasteiger partial charge on any atom is -0.339 e. The Hall–Kier alpha value is -0.870. The molecule has 1 aromatic rings. The number of likely N-dealkylation sites (tertiary alicyclic amines) is 1. The fourth-order valence-electron chi connectivity index (χ4n) is 2.96. The lowest BCUT2D eigenvalue weighted by Crippen LogP contribution is -2.47. The summed E-state index contributed by atoms with van der Waals surface area (Å²) < 4.78 is 0.918. The van der Waals surface area contributed by atoms with E-state index in [4.69, 9.17) is 0 Å². The summed E-state index contributed by atoms with van der Waals surface area (Å²) in [7, 11) is 1.94. The number of aryl methyl sites for hydroxylation is 1. The predicted molar refractivity (Wildman–Crippen MR) is 90.7 cm³/mol. The molecule has 1 aliphatic heterocycles. The van der Waals surface area contributed by atoms with Crippen LogP contribution in [-0.4, -0.2) is 47.9 Å². The van der Waals surface area contributed by atoms with Gasteiger partial charge in [-0.3, -0.25) is 4.79 Å². The molecule has 21 heavy (non-hydrogen) atoms. The van der Waals surface area contributed by atoms with Crippen LogP contribution in [0.25, 0.3) is 0 Å². The van der Waals surface area contributed by atoms with Crippen molar-refractivity contribution in [3.8, 4) is 0 Å². The zero-order chi connectivity index (χ0) is 15.6. The van der Waals surface area contributed by atoms with Crippen LogP contribution in [0.2, 0.25) is 0 Å². The number of benzene rings is 1. The molecule has 0 radical (unpaired) electrons. The number of carbonyl (C=O) groups excluding carboxylic acids is 1. The SMILES string of the molecule is Cc1cccc(C(=O)N(C)C2CCN(C(C)C)CC2)c1Br. The third-order valence-electron chi connectivity index (χ3n) is 4.52. The molecule has 0 spiro atoms. The average molecular weight is 353 g/mol. The van der Waals surface area contributed by atoms with Crippen LogP contribution < -0.4 is 0 Å². The van der Waals surface area contributed by atoms with Gasteiger partial charge in [-0.2, -0.15) is 0 Å². The minimum absolute atomic E-state index is 0.119. The van der Waals surface area contributed by atoms with Crippen LogP contribution in [0.15, 0.2) is 22.7 Å². The maximum Gasteiger partial charge on any atom is 0.255 e. The highest BCUT2D eigenvalue weighted by molar-refractivity contribution is 9.10. The minimum atomic E-state index is 0.119. The molecular formula is C17H25BrN2O. The summed E-state index contributed by atoms with van der Waals surface area (Å²) in [5.41, 5.74) is 1.87. The van der Waals surface area contributed by atoms with Gasteiger partial charge < -0.3 is 9.80 Å². The normalized spacial score (nSPS) is 17.2. The van der Waals surface area contributed by atoms with Crippen LogP contribution in [-0.2, 0) is 0 Å². The van der Waals surface area contributed by atoms with E-state index in [9.17, 15) is 4.79 Å². The number of hydrogen-bond donors (Lipinski definition) is 0. The topological polar surface area (TPSA) is 23.6 Å². The number of hydrogen-bond acceptors (Lipinski definition) is 2. The Kier molecular flexibility index (Phi) is 5.44. The Morgan fingerprint density at radius 3 is 2.52 bits per heavy atom. The van der Waals surface area contributed by atoms with Crippen molar-refractivity contribution in [2.45, 2.75) is 45.7 Å². The number of carbonyl (C=O) groups is 1. The van der Waals surface area contributed by atoms with Crippen molar-refractivity contribution in [1.82, 2.24) is 9.80 Å². The second-order valence-electron chi connectivity index (χ2n) is 6.21. The molecule has 1 aromatic carbocycles. The molecule has 0 N–H and O–H groups in total. The molecule has 0 aliphatic carbocycles. The van der Waals surface area contributed by atoms with Gasteiger partial charge in [-0.05, 0) is 61.2 Å². The molecular weight excluding hydrogens is 328 g/mol. The van der Waals surface area contributed by atoms with E-state index in [0.717, 1.165) is 41.5 Å². The molecule has 0 unspecified atom stereocenters. The Morgan fingerprint density at radius 1 is 1.33 bits per heavy atom. The highest BCUT2D eigenvalue weighted by atomic mass is 79.9. The van der Waals surface area contributed by atoms with E-state index >= 15 is 0 Å². The number of nitrogens with zero attached hydrogens (tertiary/aromatic N) is 2. The third-order valence-corrected chi connectivity index (χ3v) is 5.57. The molecule has 0 bridgehead atoms. The van der Waals surface area contributed by atoms with E-state index in [1.807, 2.05) is 37.1 Å². The Morgan fingerprint density at radius 2 is 1.95 bits per heavy atom. The molecule has 0 saturated carbocycles. The average Bonchev–Trinajstić information content (AvgIpc) is 2.48. The second-order valence-corrected chi connectivity index (χ2v) is 7.01. The molecule has 1 aliphatic rings. The highest BCUT2D eigenvalue weighted by Gasteiger charge is 2.27. The van der Waals surface area contributed by atoms with Crippen LogP contribution in [0.5, 0.6) is 0 Å². The van der Waals surface area contributed by atoms with Crippen molar-refractivity contribution in [2.75, 3.05) is 20.1 Å². The van der Waals surface area contributed by atoms with Crippen LogP contribution in [0.3, 0.4) is 0 Å². The first-order chi connectivity index (χ1) is 9.91. The summed E-state index contributed by atoms with van der Waals surface area (Å²) in [4.78, 5) is 17.1. The fourth-order valence-corrected chi connectivity index (χ4v) is 3.39. The zero-order valence-corrected chi connectivity index (χ0v) is 15.0. The van der Waals surface area contributed by atoms with Gasteiger partial charge in [0.1, 0.15) is 0 Å². The van der Waals surface area contributed by atoms with Gasteiger partial charge in [0.15, 0.2) is 0 Å². The van der Waals surface area contributed by atoms with Crippen molar-refractivity contribution < 1.29 is 4.79 Å². The van der Waals surface area contributed by atoms with E-state index in [1.54, 1.807) is 0 Å². The zero-order valence-electron chi connectivity index (χ0n) is 13.4. The molecule has 1 saturated heterocycles. The first-order valence-corrected chi connectivity index (χ1v) is 8.47. The molecule has 116 valence electrons. The summed E-state index contributed by atoms with van der Waals surface area (Å²) in [5.74, 6) is 0.119. The number of rotatable bonds is 3. The second kappa shape index (κ2) is 6.93. The third kappa shape index (κ3) is 3.67. The number of amides is 1. The summed E-state index contributed by atoms with van der Waals surface area (Å²) in [6.45, 7) is 8.64. The molecule has 4 heteroatoms. The smallest absolute Gasteiger partial charge is 0.255 e. The molecule has 1 heterocycles. The molecule has 2 rings (SSSR count). The van der Waals surface area contributed by atoms with Gasteiger partial charge in [0.05, 0.1) is 5.56 Å². The molecule has 1 fully saturated rings.